The van der Waals surface area contributed by atoms with E-state index in [1.165, 1.54) is 12.1 Å². The first-order valence-electron chi connectivity index (χ1n) is 10.3. The van der Waals surface area contributed by atoms with E-state index in [9.17, 15) is 13.2 Å². The van der Waals surface area contributed by atoms with Crippen LogP contribution in [0.4, 0.5) is 27.9 Å². The second kappa shape index (κ2) is 11.3. The van der Waals surface area contributed by atoms with Gasteiger partial charge in [0.05, 0.1) is 15.4 Å². The highest BCUT2D eigenvalue weighted by atomic mass is 79.9. The number of primary sulfonamides is 1. The van der Waals surface area contributed by atoms with Crippen LogP contribution in [0.5, 0.6) is 0 Å². The molecule has 0 fully saturated rings. The Morgan fingerprint density at radius 1 is 1.09 bits per heavy atom. The summed E-state index contributed by atoms with van der Waals surface area (Å²) in [6.07, 6.45) is 1.03. The maximum Gasteiger partial charge on any atom is 0.411 e. The Labute approximate surface area is 206 Å². The molecule has 0 saturated heterocycles. The molecule has 3 aromatic rings. The van der Waals surface area contributed by atoms with Gasteiger partial charge in [-0.2, -0.15) is 4.98 Å². The molecule has 180 valence electrons. The predicted molar refractivity (Wildman–Crippen MR) is 134 cm³/mol. The lowest BCUT2D eigenvalue weighted by atomic mass is 10.1. The lowest BCUT2D eigenvalue weighted by Crippen LogP contribution is -2.33. The number of ether oxygens (including phenoxy) is 1. The van der Waals surface area contributed by atoms with Crippen LogP contribution in [0.3, 0.4) is 0 Å². The molecule has 3 rings (SSSR count). The first kappa shape index (κ1) is 25.4. The maximum absolute atomic E-state index is 12.2. The van der Waals surface area contributed by atoms with Gasteiger partial charge in [0.1, 0.15) is 12.4 Å². The zero-order chi connectivity index (χ0) is 24.7. The Bertz CT molecular complexity index is 1220. The molecule has 1 amide bonds. The second-order valence-corrected chi connectivity index (χ2v) is 10.1. The number of para-hydroxylation sites is 1. The molecule has 0 unspecified atom stereocenters. The number of rotatable bonds is 9. The van der Waals surface area contributed by atoms with Crippen molar-refractivity contribution in [3.8, 4) is 0 Å². The first-order chi connectivity index (χ1) is 16.1. The molecule has 1 aromatic heterocycles. The van der Waals surface area contributed by atoms with Crippen LogP contribution in [0, 0.1) is 5.92 Å². The van der Waals surface area contributed by atoms with E-state index in [-0.39, 0.29) is 23.5 Å². The Morgan fingerprint density at radius 3 is 2.38 bits per heavy atom. The standard InChI is InChI=1S/C22H25BrN6O4S/c1-14(2)19(13-33-22(30)27-15-6-4-3-5-7-15)28-20-18(23)12-25-21(29-20)26-16-8-10-17(11-9-16)34(24,31)32/h3-12,14,19H,13H2,1-2H3,(H,27,30)(H2,24,31,32)(H2,25,26,28,29)/t19-/m0/s1. The van der Waals surface area contributed by atoms with E-state index >= 15 is 0 Å². The topological polar surface area (TPSA) is 148 Å². The van der Waals surface area contributed by atoms with Crippen LogP contribution in [0.2, 0.25) is 0 Å². The van der Waals surface area contributed by atoms with Gasteiger partial charge in [-0.3, -0.25) is 5.32 Å². The molecule has 0 spiro atoms. The van der Waals surface area contributed by atoms with Crippen LogP contribution in [-0.2, 0) is 14.8 Å². The lowest BCUT2D eigenvalue weighted by molar-refractivity contribution is 0.150. The molecular formula is C22H25BrN6O4S. The third-order valence-electron chi connectivity index (χ3n) is 4.72. The van der Waals surface area contributed by atoms with Crippen LogP contribution in [0.15, 0.2) is 70.2 Å². The van der Waals surface area contributed by atoms with Crippen LogP contribution in [-0.4, -0.2) is 37.1 Å². The fraction of sp³-hybridized carbons (Fsp3) is 0.227. The normalized spacial score (nSPS) is 12.1. The van der Waals surface area contributed by atoms with Gasteiger partial charge in [-0.1, -0.05) is 32.0 Å². The van der Waals surface area contributed by atoms with Crippen LogP contribution in [0.25, 0.3) is 0 Å². The number of sulfonamides is 1. The number of halogens is 1. The number of hydrogen-bond donors (Lipinski definition) is 4. The van der Waals surface area contributed by atoms with Gasteiger partial charge in [-0.05, 0) is 58.2 Å². The van der Waals surface area contributed by atoms with Crippen molar-refractivity contribution in [2.24, 2.45) is 11.1 Å². The van der Waals surface area contributed by atoms with Gasteiger partial charge in [0.2, 0.25) is 16.0 Å². The summed E-state index contributed by atoms with van der Waals surface area (Å²) in [4.78, 5) is 20.9. The number of aromatic nitrogens is 2. The summed E-state index contributed by atoms with van der Waals surface area (Å²) in [5, 5.41) is 14.1. The fourth-order valence-electron chi connectivity index (χ4n) is 2.80. The minimum atomic E-state index is -3.77. The highest BCUT2D eigenvalue weighted by Crippen LogP contribution is 2.24. The van der Waals surface area contributed by atoms with Crippen molar-refractivity contribution >= 4 is 55.2 Å². The van der Waals surface area contributed by atoms with Crippen molar-refractivity contribution in [2.75, 3.05) is 22.6 Å². The van der Waals surface area contributed by atoms with Crippen molar-refractivity contribution in [1.29, 1.82) is 0 Å². The van der Waals surface area contributed by atoms with E-state index in [4.69, 9.17) is 9.88 Å². The summed E-state index contributed by atoms with van der Waals surface area (Å²) in [6.45, 7) is 4.11. The van der Waals surface area contributed by atoms with Gasteiger partial charge in [0.25, 0.3) is 0 Å². The van der Waals surface area contributed by atoms with E-state index in [1.54, 1.807) is 30.5 Å². The number of carbonyl (C=O) groups excluding carboxylic acids is 1. The fourth-order valence-corrected chi connectivity index (χ4v) is 3.62. The average Bonchev–Trinajstić information content (AvgIpc) is 2.79. The van der Waals surface area contributed by atoms with E-state index < -0.39 is 16.1 Å². The molecule has 1 atom stereocenters. The lowest BCUT2D eigenvalue weighted by Gasteiger charge is -2.23. The highest BCUT2D eigenvalue weighted by Gasteiger charge is 2.19. The molecule has 10 nitrogen and oxygen atoms in total. The van der Waals surface area contributed by atoms with Gasteiger partial charge in [0, 0.05) is 17.6 Å². The second-order valence-electron chi connectivity index (χ2n) is 7.67. The monoisotopic (exact) mass is 548 g/mol. The number of carbonyl (C=O) groups is 1. The summed E-state index contributed by atoms with van der Waals surface area (Å²) in [7, 11) is -3.77. The van der Waals surface area contributed by atoms with Crippen molar-refractivity contribution in [3.05, 3.63) is 65.3 Å². The number of benzene rings is 2. The van der Waals surface area contributed by atoms with Gasteiger partial charge in [-0.15, -0.1) is 0 Å². The summed E-state index contributed by atoms with van der Waals surface area (Å²) >= 11 is 3.43. The van der Waals surface area contributed by atoms with Crippen LogP contribution in [0.1, 0.15) is 13.8 Å². The number of amides is 1. The molecule has 0 aliphatic carbocycles. The Balaban J connectivity index is 1.65. The van der Waals surface area contributed by atoms with Crippen molar-refractivity contribution in [1.82, 2.24) is 9.97 Å². The zero-order valence-electron chi connectivity index (χ0n) is 18.5. The summed E-state index contributed by atoms with van der Waals surface area (Å²) < 4.78 is 28.9. The minimum absolute atomic E-state index is 0.00760. The Morgan fingerprint density at radius 2 is 1.76 bits per heavy atom. The minimum Gasteiger partial charge on any atom is -0.447 e. The van der Waals surface area contributed by atoms with Gasteiger partial charge in [-0.25, -0.2) is 23.3 Å². The highest BCUT2D eigenvalue weighted by molar-refractivity contribution is 9.10. The summed E-state index contributed by atoms with van der Waals surface area (Å²) in [6, 6.07) is 14.7. The molecule has 0 aliphatic heterocycles. The van der Waals surface area contributed by atoms with Crippen molar-refractivity contribution in [2.45, 2.75) is 24.8 Å². The Hall–Kier alpha value is -3.22. The molecule has 34 heavy (non-hydrogen) atoms. The van der Waals surface area contributed by atoms with Gasteiger partial charge >= 0.3 is 6.09 Å². The summed E-state index contributed by atoms with van der Waals surface area (Å²) in [5.41, 5.74) is 1.23. The van der Waals surface area contributed by atoms with E-state index in [1.807, 2.05) is 32.0 Å². The number of nitrogens with two attached hydrogens (primary N) is 1. The molecule has 12 heteroatoms. The number of hydrogen-bond acceptors (Lipinski definition) is 8. The Kier molecular flexibility index (Phi) is 8.42. The van der Waals surface area contributed by atoms with E-state index in [2.05, 4.69) is 41.8 Å². The molecule has 2 aromatic carbocycles. The predicted octanol–water partition coefficient (Wildman–Crippen LogP) is 4.32. The van der Waals surface area contributed by atoms with Crippen LogP contribution >= 0.6 is 15.9 Å². The zero-order valence-corrected chi connectivity index (χ0v) is 20.9. The molecule has 5 N–H and O–H groups in total. The molecule has 0 radical (unpaired) electrons. The smallest absolute Gasteiger partial charge is 0.411 e. The van der Waals surface area contributed by atoms with Gasteiger partial charge in [0.15, 0.2) is 0 Å². The largest absolute Gasteiger partial charge is 0.447 e. The molecular weight excluding hydrogens is 524 g/mol. The average molecular weight is 549 g/mol. The molecule has 1 heterocycles. The van der Waals surface area contributed by atoms with Crippen LogP contribution < -0.4 is 21.1 Å². The molecule has 0 saturated carbocycles. The van der Waals surface area contributed by atoms with Crippen molar-refractivity contribution < 1.29 is 17.9 Å². The number of anilines is 4. The molecule has 0 bridgehead atoms. The van der Waals surface area contributed by atoms with E-state index in [0.717, 1.165) is 0 Å². The maximum atomic E-state index is 12.2. The van der Waals surface area contributed by atoms with Crippen molar-refractivity contribution in [3.63, 3.8) is 0 Å². The van der Waals surface area contributed by atoms with Gasteiger partial charge < -0.3 is 15.4 Å². The quantitative estimate of drug-likeness (QED) is 0.309. The summed E-state index contributed by atoms with van der Waals surface area (Å²) in [5.74, 6) is 0.914. The molecule has 0 aliphatic rings. The van der Waals surface area contributed by atoms with E-state index in [0.29, 0.717) is 27.6 Å². The first-order valence-corrected chi connectivity index (χ1v) is 12.6. The third-order valence-corrected chi connectivity index (χ3v) is 6.23. The SMILES string of the molecule is CC(C)[C@H](COC(=O)Nc1ccccc1)Nc1nc(Nc2ccc(S(N)(=O)=O)cc2)ncc1Br. The number of nitrogens with zero attached hydrogens (tertiary/aromatic N) is 2. The third kappa shape index (κ3) is 7.40. The number of nitrogens with one attached hydrogen (secondary N) is 3.